The molecule has 1 heterocycles. The predicted molar refractivity (Wildman–Crippen MR) is 118 cm³/mol. The van der Waals surface area contributed by atoms with Gasteiger partial charge in [0.2, 0.25) is 0 Å². The highest BCUT2D eigenvalue weighted by molar-refractivity contribution is 5.90. The molecule has 1 aliphatic carbocycles. The average molecular weight is 396 g/mol. The number of rotatable bonds is 3. The van der Waals surface area contributed by atoms with Crippen molar-refractivity contribution < 1.29 is 9.53 Å². The molecule has 30 heavy (non-hydrogen) atoms. The molecule has 1 aliphatic rings. The smallest absolute Gasteiger partial charge is 0.411 e. The number of aromatic nitrogens is 1. The summed E-state index contributed by atoms with van der Waals surface area (Å²) in [5, 5.41) is 3.26. The number of nitrogens with one attached hydrogen (secondary N) is 2. The lowest BCUT2D eigenvalue weighted by Gasteiger charge is -2.14. The van der Waals surface area contributed by atoms with Crippen molar-refractivity contribution in [3.05, 3.63) is 99.8 Å². The number of carbonyl (C=O) groups is 1. The van der Waals surface area contributed by atoms with Crippen LogP contribution in [0.15, 0.2) is 77.6 Å². The standard InChI is InChI=1S/C25H20N2O3/c1-15-12-24(28)21-13-16(10-11-23(21)26-15)27-25(29)30-14-22-19-8-4-2-6-17(19)18-7-3-5-9-20(18)22/h2-13,22H,14H2,1H3,(H,26,28)(H,27,29). The van der Waals surface area contributed by atoms with E-state index in [1.165, 1.54) is 22.3 Å². The van der Waals surface area contributed by atoms with E-state index in [2.05, 4.69) is 34.6 Å². The van der Waals surface area contributed by atoms with Crippen molar-refractivity contribution in [2.24, 2.45) is 0 Å². The van der Waals surface area contributed by atoms with E-state index in [-0.39, 0.29) is 18.0 Å². The fourth-order valence-electron chi connectivity index (χ4n) is 4.21. The van der Waals surface area contributed by atoms with Gasteiger partial charge in [0.25, 0.3) is 0 Å². The van der Waals surface area contributed by atoms with E-state index < -0.39 is 6.09 Å². The molecule has 1 aromatic heterocycles. The van der Waals surface area contributed by atoms with Gasteiger partial charge in [-0.2, -0.15) is 0 Å². The molecule has 0 fully saturated rings. The number of hydrogen-bond donors (Lipinski definition) is 2. The molecule has 0 aliphatic heterocycles. The van der Waals surface area contributed by atoms with E-state index in [4.69, 9.17) is 4.74 Å². The van der Waals surface area contributed by atoms with Crippen molar-refractivity contribution in [2.75, 3.05) is 11.9 Å². The molecule has 0 saturated carbocycles. The maximum atomic E-state index is 12.4. The highest BCUT2D eigenvalue weighted by Crippen LogP contribution is 2.44. The molecular weight excluding hydrogens is 376 g/mol. The van der Waals surface area contributed by atoms with Crippen molar-refractivity contribution in [1.82, 2.24) is 4.98 Å². The van der Waals surface area contributed by atoms with E-state index in [1.807, 2.05) is 31.2 Å². The van der Waals surface area contributed by atoms with Gasteiger partial charge in [-0.05, 0) is 47.4 Å². The first-order chi connectivity index (χ1) is 14.6. The van der Waals surface area contributed by atoms with E-state index >= 15 is 0 Å². The topological polar surface area (TPSA) is 71.2 Å². The first kappa shape index (κ1) is 18.2. The van der Waals surface area contributed by atoms with Crippen molar-refractivity contribution in [2.45, 2.75) is 12.8 Å². The van der Waals surface area contributed by atoms with Crippen LogP contribution in [0.4, 0.5) is 10.5 Å². The lowest BCUT2D eigenvalue weighted by atomic mass is 9.98. The molecule has 5 rings (SSSR count). The van der Waals surface area contributed by atoms with Crippen LogP contribution in [0.1, 0.15) is 22.7 Å². The zero-order chi connectivity index (χ0) is 20.7. The number of H-pyrrole nitrogens is 1. The number of aromatic amines is 1. The fraction of sp³-hybridized carbons (Fsp3) is 0.120. The van der Waals surface area contributed by atoms with Crippen LogP contribution >= 0.6 is 0 Å². The number of ether oxygens (including phenoxy) is 1. The Kier molecular flexibility index (Phi) is 4.36. The Hall–Kier alpha value is -3.86. The molecule has 0 saturated heterocycles. The number of carbonyl (C=O) groups excluding carboxylic acids is 1. The predicted octanol–water partition coefficient (Wildman–Crippen LogP) is 5.20. The SMILES string of the molecule is Cc1cc(=O)c2cc(NC(=O)OCC3c4ccccc4-c4ccccc43)ccc2[nH]1. The highest BCUT2D eigenvalue weighted by atomic mass is 16.5. The summed E-state index contributed by atoms with van der Waals surface area (Å²) in [5.41, 5.74) is 6.67. The Morgan fingerprint density at radius 2 is 1.63 bits per heavy atom. The first-order valence-corrected chi connectivity index (χ1v) is 9.86. The minimum absolute atomic E-state index is 0.00516. The van der Waals surface area contributed by atoms with Gasteiger partial charge in [-0.25, -0.2) is 4.79 Å². The van der Waals surface area contributed by atoms with Gasteiger partial charge >= 0.3 is 6.09 Å². The van der Waals surface area contributed by atoms with Gasteiger partial charge in [-0.3, -0.25) is 10.1 Å². The molecule has 5 nitrogen and oxygen atoms in total. The van der Waals surface area contributed by atoms with E-state index in [1.54, 1.807) is 24.3 Å². The van der Waals surface area contributed by atoms with Crippen molar-refractivity contribution >= 4 is 22.7 Å². The summed E-state index contributed by atoms with van der Waals surface area (Å²) in [4.78, 5) is 27.8. The van der Waals surface area contributed by atoms with Crippen molar-refractivity contribution in [3.8, 4) is 11.1 Å². The second-order valence-electron chi connectivity index (χ2n) is 7.53. The minimum Gasteiger partial charge on any atom is -0.448 e. The van der Waals surface area contributed by atoms with Crippen LogP contribution < -0.4 is 10.7 Å². The zero-order valence-corrected chi connectivity index (χ0v) is 16.4. The summed E-state index contributed by atoms with van der Waals surface area (Å²) in [7, 11) is 0. The maximum Gasteiger partial charge on any atom is 0.411 e. The fourth-order valence-corrected chi connectivity index (χ4v) is 4.21. The van der Waals surface area contributed by atoms with E-state index in [0.717, 1.165) is 11.2 Å². The van der Waals surface area contributed by atoms with Crippen LogP contribution in [0.5, 0.6) is 0 Å². The van der Waals surface area contributed by atoms with E-state index in [9.17, 15) is 9.59 Å². The molecule has 5 heteroatoms. The molecule has 3 aromatic carbocycles. The Labute approximate surface area is 173 Å². The second-order valence-corrected chi connectivity index (χ2v) is 7.53. The van der Waals surface area contributed by atoms with E-state index in [0.29, 0.717) is 11.1 Å². The number of aryl methyl sites for hydroxylation is 1. The molecule has 1 amide bonds. The lowest BCUT2D eigenvalue weighted by Crippen LogP contribution is -2.18. The van der Waals surface area contributed by atoms with Crippen LogP contribution in [0.2, 0.25) is 0 Å². The molecular formula is C25H20N2O3. The van der Waals surface area contributed by atoms with Crippen molar-refractivity contribution in [1.29, 1.82) is 0 Å². The van der Waals surface area contributed by atoms with Crippen LogP contribution in [-0.2, 0) is 4.74 Å². The van der Waals surface area contributed by atoms with Gasteiger partial charge in [-0.1, -0.05) is 48.5 Å². The number of anilines is 1. The second kappa shape index (κ2) is 7.19. The minimum atomic E-state index is -0.542. The van der Waals surface area contributed by atoms with Crippen LogP contribution in [-0.4, -0.2) is 17.7 Å². The third kappa shape index (κ3) is 3.14. The molecule has 148 valence electrons. The molecule has 4 aromatic rings. The third-order valence-corrected chi connectivity index (χ3v) is 5.55. The Morgan fingerprint density at radius 1 is 0.967 bits per heavy atom. The summed E-state index contributed by atoms with van der Waals surface area (Å²) < 4.78 is 5.57. The number of benzene rings is 3. The maximum absolute atomic E-state index is 12.4. The monoisotopic (exact) mass is 396 g/mol. The van der Waals surface area contributed by atoms with Gasteiger partial charge in [0.1, 0.15) is 6.61 Å². The summed E-state index contributed by atoms with van der Waals surface area (Å²) >= 11 is 0. The van der Waals surface area contributed by atoms with Gasteiger partial charge in [-0.15, -0.1) is 0 Å². The zero-order valence-electron chi connectivity index (χ0n) is 16.4. The average Bonchev–Trinajstić information content (AvgIpc) is 3.06. The number of hydrogen-bond acceptors (Lipinski definition) is 3. The quantitative estimate of drug-likeness (QED) is 0.500. The molecule has 2 N–H and O–H groups in total. The van der Waals surface area contributed by atoms with Gasteiger partial charge in [0, 0.05) is 34.3 Å². The molecule has 0 radical (unpaired) electrons. The summed E-state index contributed by atoms with van der Waals surface area (Å²) in [6, 6.07) is 23.2. The largest absolute Gasteiger partial charge is 0.448 e. The summed E-state index contributed by atoms with van der Waals surface area (Å²) in [5.74, 6) is 0.00516. The first-order valence-electron chi connectivity index (χ1n) is 9.86. The number of fused-ring (bicyclic) bond motifs is 4. The highest BCUT2D eigenvalue weighted by Gasteiger charge is 2.29. The lowest BCUT2D eigenvalue weighted by molar-refractivity contribution is 0.158. The molecule has 0 bridgehead atoms. The van der Waals surface area contributed by atoms with Crippen LogP contribution in [0.25, 0.3) is 22.0 Å². The normalized spacial score (nSPS) is 12.4. The Balaban J connectivity index is 1.34. The van der Waals surface area contributed by atoms with Crippen molar-refractivity contribution in [3.63, 3.8) is 0 Å². The molecule has 0 unspecified atom stereocenters. The van der Waals surface area contributed by atoms with Crippen LogP contribution in [0.3, 0.4) is 0 Å². The van der Waals surface area contributed by atoms with Crippen LogP contribution in [0, 0.1) is 6.92 Å². The summed E-state index contributed by atoms with van der Waals surface area (Å²) in [6.07, 6.45) is -0.542. The Bertz CT molecular complexity index is 1290. The number of amides is 1. The van der Waals surface area contributed by atoms with Gasteiger partial charge in [0.05, 0.1) is 0 Å². The molecule has 0 atom stereocenters. The van der Waals surface area contributed by atoms with Gasteiger partial charge < -0.3 is 9.72 Å². The molecule has 0 spiro atoms. The van der Waals surface area contributed by atoms with Gasteiger partial charge in [0.15, 0.2) is 5.43 Å². The summed E-state index contributed by atoms with van der Waals surface area (Å²) in [6.45, 7) is 2.08. The Morgan fingerprint density at radius 3 is 2.33 bits per heavy atom. The third-order valence-electron chi connectivity index (χ3n) is 5.55. The number of pyridine rings is 1.